The summed E-state index contributed by atoms with van der Waals surface area (Å²) >= 11 is 0. The molecule has 0 saturated heterocycles. The zero-order valence-corrected chi connectivity index (χ0v) is 13.1. The summed E-state index contributed by atoms with van der Waals surface area (Å²) in [5.41, 5.74) is 2.09. The molecule has 1 N–H and O–H groups in total. The van der Waals surface area contributed by atoms with Crippen LogP contribution in [0.25, 0.3) is 0 Å². The van der Waals surface area contributed by atoms with Crippen molar-refractivity contribution in [2.45, 2.75) is 37.5 Å². The molecule has 2 aromatic rings. The van der Waals surface area contributed by atoms with Crippen LogP contribution in [0.1, 0.15) is 37.3 Å². The average Bonchev–Trinajstić information content (AvgIpc) is 2.97. The predicted molar refractivity (Wildman–Crippen MR) is 80.5 cm³/mol. The van der Waals surface area contributed by atoms with Gasteiger partial charge >= 0.3 is 0 Å². The molecule has 0 unspecified atom stereocenters. The number of aromatic nitrogens is 1. The Morgan fingerprint density at radius 1 is 1.24 bits per heavy atom. The van der Waals surface area contributed by atoms with E-state index in [-0.39, 0.29) is 0 Å². The number of nitrogens with zero attached hydrogens (tertiary/aromatic N) is 1. The van der Waals surface area contributed by atoms with Crippen LogP contribution in [-0.4, -0.2) is 20.1 Å². The Morgan fingerprint density at radius 3 is 2.52 bits per heavy atom. The van der Waals surface area contributed by atoms with Gasteiger partial charge in [0.25, 0.3) is 0 Å². The minimum absolute atomic E-state index is 0.303. The Bertz CT molecular complexity index is 647. The molecule has 0 aliphatic rings. The van der Waals surface area contributed by atoms with Crippen molar-refractivity contribution in [2.75, 3.05) is 6.54 Å². The monoisotopic (exact) mass is 308 g/mol. The first kappa shape index (κ1) is 15.7. The fraction of sp³-hybridized carbons (Fsp3) is 0.400. The molecule has 6 heteroatoms. The van der Waals surface area contributed by atoms with Crippen molar-refractivity contribution in [3.05, 3.63) is 47.9 Å². The molecule has 0 atom stereocenters. The van der Waals surface area contributed by atoms with Gasteiger partial charge in [0.15, 0.2) is 0 Å². The fourth-order valence-electron chi connectivity index (χ4n) is 1.96. The normalized spacial score (nSPS) is 12.0. The molecule has 0 saturated carbocycles. The van der Waals surface area contributed by atoms with E-state index in [1.165, 1.54) is 0 Å². The van der Waals surface area contributed by atoms with Gasteiger partial charge in [-0.1, -0.05) is 31.1 Å². The minimum Gasteiger partial charge on any atom is -0.364 e. The summed E-state index contributed by atoms with van der Waals surface area (Å²) in [5.74, 6) is 0.387. The maximum absolute atomic E-state index is 12.1. The summed E-state index contributed by atoms with van der Waals surface area (Å²) in [6.07, 6.45) is 4.64. The van der Waals surface area contributed by atoms with Crippen molar-refractivity contribution >= 4 is 10.0 Å². The lowest BCUT2D eigenvalue weighted by Gasteiger charge is -2.09. The van der Waals surface area contributed by atoms with Gasteiger partial charge in [0.2, 0.25) is 10.0 Å². The van der Waals surface area contributed by atoms with E-state index >= 15 is 0 Å². The first-order valence-electron chi connectivity index (χ1n) is 6.97. The lowest BCUT2D eigenvalue weighted by atomic mass is 10.0. The summed E-state index contributed by atoms with van der Waals surface area (Å²) in [4.78, 5) is 0.303. The molecule has 0 spiro atoms. The molecule has 0 amide bonds. The largest absolute Gasteiger partial charge is 0.364 e. The highest BCUT2D eigenvalue weighted by Crippen LogP contribution is 2.17. The Morgan fingerprint density at radius 2 is 1.95 bits per heavy atom. The fourth-order valence-corrected chi connectivity index (χ4v) is 3.04. The molecule has 0 aliphatic carbocycles. The van der Waals surface area contributed by atoms with E-state index in [0.717, 1.165) is 17.5 Å². The molecule has 0 fully saturated rings. The van der Waals surface area contributed by atoms with E-state index in [1.807, 2.05) is 12.1 Å². The lowest BCUT2D eigenvalue weighted by molar-refractivity contribution is 0.418. The van der Waals surface area contributed by atoms with Crippen LogP contribution < -0.4 is 4.72 Å². The zero-order chi connectivity index (χ0) is 15.3. The van der Waals surface area contributed by atoms with Crippen molar-refractivity contribution in [3.8, 4) is 0 Å². The molecular weight excluding hydrogens is 288 g/mol. The third kappa shape index (κ3) is 4.41. The number of hydrogen-bond donors (Lipinski definition) is 1. The summed E-state index contributed by atoms with van der Waals surface area (Å²) in [5, 5.41) is 3.61. The Labute approximate surface area is 125 Å². The first-order valence-corrected chi connectivity index (χ1v) is 8.45. The molecule has 5 nitrogen and oxygen atoms in total. The van der Waals surface area contributed by atoms with E-state index < -0.39 is 10.0 Å². The Kier molecular flexibility index (Phi) is 5.14. The highest BCUT2D eigenvalue weighted by molar-refractivity contribution is 7.89. The summed E-state index contributed by atoms with van der Waals surface area (Å²) in [6, 6.07) is 7.02. The van der Waals surface area contributed by atoms with Gasteiger partial charge in [0.05, 0.1) is 11.1 Å². The summed E-state index contributed by atoms with van der Waals surface area (Å²) in [6.45, 7) is 4.54. The summed E-state index contributed by atoms with van der Waals surface area (Å²) < 4.78 is 31.6. The van der Waals surface area contributed by atoms with Gasteiger partial charge < -0.3 is 4.52 Å². The van der Waals surface area contributed by atoms with Crippen LogP contribution >= 0.6 is 0 Å². The first-order chi connectivity index (χ1) is 9.99. The quantitative estimate of drug-likeness (QED) is 0.798. The van der Waals surface area contributed by atoms with Crippen LogP contribution in [0.3, 0.4) is 0 Å². The van der Waals surface area contributed by atoms with Crippen molar-refractivity contribution in [1.82, 2.24) is 9.88 Å². The number of benzene rings is 1. The molecule has 0 aliphatic heterocycles. The standard InChI is InChI=1S/C15H20N2O3S/c1-12(2)14-5-7-15(8-6-14)21(18,19)17-9-3-4-13-10-16-20-11-13/h5-8,10-12,17H,3-4,9H2,1-2H3. The van der Waals surface area contributed by atoms with E-state index in [0.29, 0.717) is 23.8 Å². The second-order valence-electron chi connectivity index (χ2n) is 5.26. The number of rotatable bonds is 7. The second kappa shape index (κ2) is 6.87. The number of hydrogen-bond acceptors (Lipinski definition) is 4. The van der Waals surface area contributed by atoms with Crippen molar-refractivity contribution in [2.24, 2.45) is 0 Å². The van der Waals surface area contributed by atoms with Gasteiger partial charge in [-0.2, -0.15) is 0 Å². The molecule has 0 bridgehead atoms. The maximum Gasteiger partial charge on any atom is 0.240 e. The SMILES string of the molecule is CC(C)c1ccc(S(=O)(=O)NCCCc2cnoc2)cc1. The Balaban J connectivity index is 1.89. The van der Waals surface area contributed by atoms with Crippen LogP contribution in [0, 0.1) is 0 Å². The summed E-state index contributed by atoms with van der Waals surface area (Å²) in [7, 11) is -3.43. The minimum atomic E-state index is -3.43. The smallest absolute Gasteiger partial charge is 0.240 e. The molecule has 0 radical (unpaired) electrons. The van der Waals surface area contributed by atoms with E-state index in [4.69, 9.17) is 4.52 Å². The van der Waals surface area contributed by atoms with Crippen LogP contribution in [0.4, 0.5) is 0 Å². The highest BCUT2D eigenvalue weighted by Gasteiger charge is 2.13. The van der Waals surface area contributed by atoms with Crippen LogP contribution in [0.5, 0.6) is 0 Å². The third-order valence-corrected chi connectivity index (χ3v) is 4.75. The van der Waals surface area contributed by atoms with Crippen LogP contribution in [0.15, 0.2) is 46.1 Å². The van der Waals surface area contributed by atoms with E-state index in [2.05, 4.69) is 23.7 Å². The third-order valence-electron chi connectivity index (χ3n) is 3.27. The number of sulfonamides is 1. The van der Waals surface area contributed by atoms with Gasteiger partial charge in [-0.3, -0.25) is 0 Å². The number of nitrogens with one attached hydrogen (secondary N) is 1. The zero-order valence-electron chi connectivity index (χ0n) is 12.2. The average molecular weight is 308 g/mol. The van der Waals surface area contributed by atoms with Gasteiger partial charge in [0, 0.05) is 12.1 Å². The predicted octanol–water partition coefficient (Wildman–Crippen LogP) is 2.71. The molecule has 114 valence electrons. The van der Waals surface area contributed by atoms with Gasteiger partial charge in [-0.05, 0) is 36.5 Å². The van der Waals surface area contributed by atoms with Gasteiger partial charge in [-0.15, -0.1) is 0 Å². The molecule has 21 heavy (non-hydrogen) atoms. The molecule has 2 rings (SSSR count). The van der Waals surface area contributed by atoms with Gasteiger partial charge in [0.1, 0.15) is 6.26 Å². The van der Waals surface area contributed by atoms with Crippen molar-refractivity contribution in [1.29, 1.82) is 0 Å². The lowest BCUT2D eigenvalue weighted by Crippen LogP contribution is -2.25. The highest BCUT2D eigenvalue weighted by atomic mass is 32.2. The Hall–Kier alpha value is -1.66. The molecular formula is C15H20N2O3S. The topological polar surface area (TPSA) is 72.2 Å². The van der Waals surface area contributed by atoms with Crippen molar-refractivity contribution < 1.29 is 12.9 Å². The molecule has 1 aromatic heterocycles. The van der Waals surface area contributed by atoms with Crippen LogP contribution in [-0.2, 0) is 16.4 Å². The maximum atomic E-state index is 12.1. The number of aryl methyl sites for hydroxylation is 1. The van der Waals surface area contributed by atoms with E-state index in [1.54, 1.807) is 24.6 Å². The van der Waals surface area contributed by atoms with E-state index in [9.17, 15) is 8.42 Å². The molecule has 1 aromatic carbocycles. The van der Waals surface area contributed by atoms with Gasteiger partial charge in [-0.25, -0.2) is 13.1 Å². The second-order valence-corrected chi connectivity index (χ2v) is 7.02. The van der Waals surface area contributed by atoms with Crippen LogP contribution in [0.2, 0.25) is 0 Å². The van der Waals surface area contributed by atoms with Crippen molar-refractivity contribution in [3.63, 3.8) is 0 Å². The molecule has 1 heterocycles.